The molecular weight excluding hydrogens is 264 g/mol. The third-order valence-electron chi connectivity index (χ3n) is 4.29. The molecule has 1 N–H and O–H groups in total. The molecule has 0 amide bonds. The number of anilines is 1. The first kappa shape index (κ1) is 14.7. The van der Waals surface area contributed by atoms with Crippen molar-refractivity contribution in [2.45, 2.75) is 58.2 Å². The van der Waals surface area contributed by atoms with Gasteiger partial charge in [0.05, 0.1) is 6.10 Å². The summed E-state index contributed by atoms with van der Waals surface area (Å²) in [6.07, 6.45) is 7.22. The van der Waals surface area contributed by atoms with Crippen LogP contribution in [0.25, 0.3) is 0 Å². The summed E-state index contributed by atoms with van der Waals surface area (Å²) in [5.74, 6) is 0.854. The Balaban J connectivity index is 1.62. The molecule has 5 nitrogen and oxygen atoms in total. The van der Waals surface area contributed by atoms with Crippen LogP contribution in [0.5, 0.6) is 0 Å². The van der Waals surface area contributed by atoms with Gasteiger partial charge in [0.2, 0.25) is 5.95 Å². The second-order valence-electron chi connectivity index (χ2n) is 6.10. The van der Waals surface area contributed by atoms with Gasteiger partial charge in [-0.25, -0.2) is 9.97 Å². The van der Waals surface area contributed by atoms with Gasteiger partial charge in [0.15, 0.2) is 0 Å². The molecule has 1 saturated heterocycles. The zero-order valence-electron chi connectivity index (χ0n) is 13.1. The molecule has 2 heterocycles. The molecule has 1 atom stereocenters. The molecule has 1 aliphatic heterocycles. The number of hydrogen-bond acceptors (Lipinski definition) is 5. The smallest absolute Gasteiger partial charge is 0.225 e. The number of aromatic nitrogens is 2. The second kappa shape index (κ2) is 6.71. The van der Waals surface area contributed by atoms with Crippen LogP contribution in [0.3, 0.4) is 0 Å². The van der Waals surface area contributed by atoms with Crippen LogP contribution in [-0.4, -0.2) is 41.8 Å². The molecule has 1 unspecified atom stereocenters. The van der Waals surface area contributed by atoms with Crippen molar-refractivity contribution in [3.63, 3.8) is 0 Å². The minimum atomic E-state index is 0.323. The number of aryl methyl sites for hydroxylation is 1. The molecule has 116 valence electrons. The van der Waals surface area contributed by atoms with Crippen molar-refractivity contribution in [2.24, 2.45) is 0 Å². The minimum Gasteiger partial charge on any atom is -0.377 e. The van der Waals surface area contributed by atoms with Gasteiger partial charge < -0.3 is 15.0 Å². The molecule has 0 spiro atoms. The quantitative estimate of drug-likeness (QED) is 0.869. The van der Waals surface area contributed by atoms with Gasteiger partial charge in [-0.1, -0.05) is 0 Å². The predicted molar refractivity (Wildman–Crippen MR) is 83.5 cm³/mol. The maximum absolute atomic E-state index is 5.75. The number of ether oxygens (including phenoxy) is 1. The van der Waals surface area contributed by atoms with Crippen LogP contribution in [0.15, 0.2) is 6.20 Å². The van der Waals surface area contributed by atoms with Gasteiger partial charge in [0, 0.05) is 49.7 Å². The topological polar surface area (TPSA) is 50.3 Å². The van der Waals surface area contributed by atoms with E-state index in [9.17, 15) is 0 Å². The zero-order chi connectivity index (χ0) is 14.7. The SMILES string of the molecule is CCOC1CCCN(c2ncc(CNC3CC3)c(C)n2)C1. The van der Waals surface area contributed by atoms with E-state index in [4.69, 9.17) is 9.72 Å². The van der Waals surface area contributed by atoms with E-state index in [1.54, 1.807) is 0 Å². The molecule has 2 fully saturated rings. The lowest BCUT2D eigenvalue weighted by Crippen LogP contribution is -2.40. The molecule has 0 radical (unpaired) electrons. The van der Waals surface area contributed by atoms with E-state index >= 15 is 0 Å². The summed E-state index contributed by atoms with van der Waals surface area (Å²) < 4.78 is 5.75. The van der Waals surface area contributed by atoms with Crippen molar-refractivity contribution in [3.05, 3.63) is 17.5 Å². The summed E-state index contributed by atoms with van der Waals surface area (Å²) in [5, 5.41) is 3.52. The van der Waals surface area contributed by atoms with E-state index in [0.717, 1.165) is 56.8 Å². The fourth-order valence-electron chi connectivity index (χ4n) is 2.84. The third-order valence-corrected chi connectivity index (χ3v) is 4.29. The van der Waals surface area contributed by atoms with E-state index < -0.39 is 0 Å². The lowest BCUT2D eigenvalue weighted by atomic mass is 10.1. The van der Waals surface area contributed by atoms with Crippen molar-refractivity contribution in [2.75, 3.05) is 24.6 Å². The van der Waals surface area contributed by atoms with Gasteiger partial charge in [-0.15, -0.1) is 0 Å². The number of rotatable bonds is 6. The maximum Gasteiger partial charge on any atom is 0.225 e. The molecule has 0 bridgehead atoms. The largest absolute Gasteiger partial charge is 0.377 e. The first-order chi connectivity index (χ1) is 10.3. The predicted octanol–water partition coefficient (Wildman–Crippen LogP) is 2.04. The third kappa shape index (κ3) is 3.92. The van der Waals surface area contributed by atoms with Crippen molar-refractivity contribution in [3.8, 4) is 0 Å². The first-order valence-electron chi connectivity index (χ1n) is 8.18. The normalized spacial score (nSPS) is 22.6. The van der Waals surface area contributed by atoms with E-state index in [2.05, 4.69) is 29.0 Å². The molecule has 0 aromatic carbocycles. The first-order valence-corrected chi connectivity index (χ1v) is 8.18. The van der Waals surface area contributed by atoms with Crippen LogP contribution < -0.4 is 10.2 Å². The van der Waals surface area contributed by atoms with Gasteiger partial charge in [-0.2, -0.15) is 0 Å². The Morgan fingerprint density at radius 3 is 2.95 bits per heavy atom. The average molecular weight is 290 g/mol. The van der Waals surface area contributed by atoms with Crippen LogP contribution in [-0.2, 0) is 11.3 Å². The summed E-state index contributed by atoms with van der Waals surface area (Å²) in [6, 6.07) is 0.720. The fourth-order valence-corrected chi connectivity index (χ4v) is 2.84. The van der Waals surface area contributed by atoms with Crippen LogP contribution in [0.1, 0.15) is 43.9 Å². The Bertz CT molecular complexity index is 473. The Morgan fingerprint density at radius 1 is 1.38 bits per heavy atom. The number of hydrogen-bond donors (Lipinski definition) is 1. The van der Waals surface area contributed by atoms with Gasteiger partial charge >= 0.3 is 0 Å². The summed E-state index contributed by atoms with van der Waals surface area (Å²) in [4.78, 5) is 11.5. The van der Waals surface area contributed by atoms with Crippen LogP contribution in [0.4, 0.5) is 5.95 Å². The zero-order valence-corrected chi connectivity index (χ0v) is 13.1. The van der Waals surface area contributed by atoms with Crippen molar-refractivity contribution >= 4 is 5.95 Å². The second-order valence-corrected chi connectivity index (χ2v) is 6.10. The Labute approximate surface area is 127 Å². The molecule has 1 aliphatic carbocycles. The highest BCUT2D eigenvalue weighted by atomic mass is 16.5. The van der Waals surface area contributed by atoms with Crippen LogP contribution in [0, 0.1) is 6.92 Å². The van der Waals surface area contributed by atoms with E-state index in [1.807, 2.05) is 6.20 Å². The fraction of sp³-hybridized carbons (Fsp3) is 0.750. The summed E-state index contributed by atoms with van der Waals surface area (Å²) in [6.45, 7) is 7.75. The maximum atomic E-state index is 5.75. The van der Waals surface area contributed by atoms with Gasteiger partial charge in [-0.05, 0) is 39.5 Å². The molecule has 1 saturated carbocycles. The lowest BCUT2D eigenvalue weighted by Gasteiger charge is -2.32. The van der Waals surface area contributed by atoms with E-state index in [1.165, 1.54) is 18.4 Å². The van der Waals surface area contributed by atoms with E-state index in [-0.39, 0.29) is 0 Å². The van der Waals surface area contributed by atoms with Crippen LogP contribution in [0.2, 0.25) is 0 Å². The molecule has 3 rings (SSSR count). The molecule has 2 aliphatic rings. The standard InChI is InChI=1S/C16H26N4O/c1-3-21-15-5-4-8-20(11-15)16-18-10-13(12(2)19-16)9-17-14-6-7-14/h10,14-15,17H,3-9,11H2,1-2H3. The molecule has 21 heavy (non-hydrogen) atoms. The summed E-state index contributed by atoms with van der Waals surface area (Å²) in [7, 11) is 0. The number of nitrogens with one attached hydrogen (secondary N) is 1. The minimum absolute atomic E-state index is 0.323. The highest BCUT2D eigenvalue weighted by Gasteiger charge is 2.23. The van der Waals surface area contributed by atoms with Gasteiger partial charge in [0.25, 0.3) is 0 Å². The summed E-state index contributed by atoms with van der Waals surface area (Å²) >= 11 is 0. The van der Waals surface area contributed by atoms with E-state index in [0.29, 0.717) is 6.10 Å². The van der Waals surface area contributed by atoms with Crippen LogP contribution >= 0.6 is 0 Å². The number of piperidine rings is 1. The highest BCUT2D eigenvalue weighted by molar-refractivity contribution is 5.33. The Hall–Kier alpha value is -1.20. The van der Waals surface area contributed by atoms with Crippen molar-refractivity contribution in [1.82, 2.24) is 15.3 Å². The molecule has 1 aromatic heterocycles. The Kier molecular flexibility index (Phi) is 4.70. The van der Waals surface area contributed by atoms with Gasteiger partial charge in [0.1, 0.15) is 0 Å². The molecule has 1 aromatic rings. The number of nitrogens with zero attached hydrogens (tertiary/aromatic N) is 3. The summed E-state index contributed by atoms with van der Waals surface area (Å²) in [5.41, 5.74) is 2.30. The van der Waals surface area contributed by atoms with Gasteiger partial charge in [-0.3, -0.25) is 0 Å². The van der Waals surface area contributed by atoms with Crippen molar-refractivity contribution in [1.29, 1.82) is 0 Å². The molecule has 5 heteroatoms. The lowest BCUT2D eigenvalue weighted by molar-refractivity contribution is 0.0523. The van der Waals surface area contributed by atoms with Crippen molar-refractivity contribution < 1.29 is 4.74 Å². The monoisotopic (exact) mass is 290 g/mol. The molecular formula is C16H26N4O. The highest BCUT2D eigenvalue weighted by Crippen LogP contribution is 2.21. The average Bonchev–Trinajstić information content (AvgIpc) is 3.31. The Morgan fingerprint density at radius 2 is 2.24 bits per heavy atom.